The molecule has 3 atom stereocenters. The second kappa shape index (κ2) is 24.1. The number of ketones is 1. The van der Waals surface area contributed by atoms with Crippen LogP contribution in [0, 0.1) is 5.92 Å². The molecule has 0 radical (unpaired) electrons. The van der Waals surface area contributed by atoms with Crippen molar-refractivity contribution in [3.8, 4) is 11.5 Å². The van der Waals surface area contributed by atoms with E-state index < -0.39 is 60.7 Å². The summed E-state index contributed by atoms with van der Waals surface area (Å²) in [6.45, 7) is 1.22. The fourth-order valence-corrected chi connectivity index (χ4v) is 5.41. The van der Waals surface area contributed by atoms with Gasteiger partial charge in [0.25, 0.3) is 0 Å². The second-order valence-corrected chi connectivity index (χ2v) is 12.7. The third-order valence-electron chi connectivity index (χ3n) is 8.35. The smallest absolute Gasteiger partial charge is 0.508 e. The van der Waals surface area contributed by atoms with E-state index in [4.69, 9.17) is 14.2 Å². The zero-order valence-corrected chi connectivity index (χ0v) is 30.1. The lowest BCUT2D eigenvalue weighted by Gasteiger charge is -2.29. The number of aliphatic carboxylic acids is 2. The van der Waals surface area contributed by atoms with Crippen LogP contribution in [0.25, 0.3) is 0 Å². The molecule has 0 aliphatic rings. The van der Waals surface area contributed by atoms with Gasteiger partial charge in [0.2, 0.25) is 12.7 Å². The molecule has 5 N–H and O–H groups in total. The highest BCUT2D eigenvalue weighted by molar-refractivity contribution is 5.94. The number of carbonyl (C=O) groups is 6. The highest BCUT2D eigenvalue weighted by atomic mass is 16.8. The van der Waals surface area contributed by atoms with Gasteiger partial charge in [0.1, 0.15) is 23.3 Å². The summed E-state index contributed by atoms with van der Waals surface area (Å²) < 4.78 is 14.8. The maximum atomic E-state index is 13.7. The molecule has 0 bridgehead atoms. The molecule has 2 rings (SSSR count). The molecule has 0 aromatic heterocycles. The number of nitrogens with one attached hydrogen (secondary N) is 1. The number of carboxylic acid groups (broad SMARTS) is 2. The molecule has 0 fully saturated rings. The fourth-order valence-electron chi connectivity index (χ4n) is 5.41. The Bertz CT molecular complexity index is 1490. The van der Waals surface area contributed by atoms with Crippen molar-refractivity contribution in [1.82, 2.24) is 5.32 Å². The Kier molecular flexibility index (Phi) is 20.0. The first-order valence-corrected chi connectivity index (χ1v) is 17.9. The molecule has 14 heteroatoms. The van der Waals surface area contributed by atoms with Crippen molar-refractivity contribution in [1.29, 1.82) is 0 Å². The van der Waals surface area contributed by atoms with Gasteiger partial charge in [-0.05, 0) is 55.5 Å². The standard InChI is InChI=1S/C39H51NO13/c1-2-3-4-7-11-16-29(41)17-12-8-5-6-9-15-20-32(39(50,37(47)48)26-34(43)44)35(45)40-33(25-28-21-23-30(42)24-22-28)36(46)51-27-52-38(49)53-31-18-13-10-14-19-31/h10,13-15,18-24,32-33,42,50H,2-9,11-12,16-17,25-27H2,1H3,(H,40,45)(H,43,44)(H,47,48)/b20-15+/t32-,33+,39+/m1/s1. The molecule has 0 aliphatic carbocycles. The van der Waals surface area contributed by atoms with Crippen molar-refractivity contribution >= 4 is 35.8 Å². The van der Waals surface area contributed by atoms with Gasteiger partial charge in [-0.3, -0.25) is 14.4 Å². The SMILES string of the molecule is CCCCCCCC(=O)CCCCCC/C=C/[C@H](C(=O)N[C@@H](Cc1ccc(O)cc1)C(=O)OCOC(=O)Oc1ccccc1)[C@@](O)(CC(=O)O)C(=O)O. The van der Waals surface area contributed by atoms with Crippen molar-refractivity contribution in [2.75, 3.05) is 6.79 Å². The monoisotopic (exact) mass is 741 g/mol. The van der Waals surface area contributed by atoms with E-state index in [9.17, 15) is 49.2 Å². The summed E-state index contributed by atoms with van der Waals surface area (Å²) in [5, 5.41) is 42.4. The summed E-state index contributed by atoms with van der Waals surface area (Å²) >= 11 is 0. The van der Waals surface area contributed by atoms with E-state index in [-0.39, 0.29) is 23.7 Å². The lowest BCUT2D eigenvalue weighted by atomic mass is 9.82. The summed E-state index contributed by atoms with van der Waals surface area (Å²) in [5.41, 5.74) is -2.67. The third kappa shape index (κ3) is 17.2. The molecule has 0 saturated carbocycles. The second-order valence-electron chi connectivity index (χ2n) is 12.7. The van der Waals surface area contributed by atoms with Gasteiger partial charge in [-0.25, -0.2) is 14.4 Å². The molecule has 2 aromatic carbocycles. The zero-order chi connectivity index (χ0) is 39.1. The Morgan fingerprint density at radius 3 is 2.04 bits per heavy atom. The van der Waals surface area contributed by atoms with Crippen LogP contribution in [0.4, 0.5) is 4.79 Å². The van der Waals surface area contributed by atoms with Crippen LogP contribution in [0.3, 0.4) is 0 Å². The van der Waals surface area contributed by atoms with E-state index in [1.165, 1.54) is 48.9 Å². The quantitative estimate of drug-likeness (QED) is 0.0251. The van der Waals surface area contributed by atoms with Crippen LogP contribution in [-0.2, 0) is 39.9 Å². The van der Waals surface area contributed by atoms with E-state index in [2.05, 4.69) is 12.2 Å². The first-order valence-electron chi connectivity index (χ1n) is 17.9. The number of carbonyl (C=O) groups excluding carboxylic acids is 4. The summed E-state index contributed by atoms with van der Waals surface area (Å²) in [7, 11) is 0. The average molecular weight is 742 g/mol. The number of Topliss-reactive ketones (excluding diaryl/α,β-unsaturated/α-hetero) is 1. The number of rotatable bonds is 26. The van der Waals surface area contributed by atoms with Crippen molar-refractivity contribution in [2.45, 2.75) is 108 Å². The molecule has 0 saturated heterocycles. The summed E-state index contributed by atoms with van der Waals surface area (Å²) in [6.07, 6.45) is 9.52. The fraction of sp³-hybridized carbons (Fsp3) is 0.487. The molecule has 0 spiro atoms. The molecule has 290 valence electrons. The number of benzene rings is 2. The number of ether oxygens (including phenoxy) is 3. The van der Waals surface area contributed by atoms with E-state index >= 15 is 0 Å². The number of carboxylic acids is 2. The minimum atomic E-state index is -3.10. The molecule has 0 aliphatic heterocycles. The van der Waals surface area contributed by atoms with Crippen LogP contribution in [0.1, 0.15) is 96.0 Å². The van der Waals surface area contributed by atoms with Gasteiger partial charge >= 0.3 is 24.1 Å². The van der Waals surface area contributed by atoms with E-state index in [1.807, 2.05) is 0 Å². The topological polar surface area (TPSA) is 223 Å². The number of esters is 1. The number of phenols is 1. The van der Waals surface area contributed by atoms with Gasteiger partial charge in [-0.2, -0.15) is 0 Å². The predicted molar refractivity (Wildman–Crippen MR) is 192 cm³/mol. The maximum Gasteiger partial charge on any atom is 0.516 e. The Morgan fingerprint density at radius 1 is 0.811 bits per heavy atom. The first kappa shape index (κ1) is 43.9. The van der Waals surface area contributed by atoms with Gasteiger partial charge in [0.05, 0.1) is 12.3 Å². The number of aromatic hydroxyl groups is 1. The van der Waals surface area contributed by atoms with E-state index in [0.29, 0.717) is 31.2 Å². The highest BCUT2D eigenvalue weighted by Crippen LogP contribution is 2.26. The number of amides is 1. The Labute approximate surface area is 309 Å². The number of hydrogen-bond acceptors (Lipinski definition) is 11. The van der Waals surface area contributed by atoms with Gasteiger partial charge in [-0.1, -0.05) is 87.9 Å². The number of unbranched alkanes of at least 4 members (excludes halogenated alkanes) is 8. The van der Waals surface area contributed by atoms with Gasteiger partial charge in [-0.15, -0.1) is 0 Å². The molecule has 2 aromatic rings. The lowest BCUT2D eigenvalue weighted by molar-refractivity contribution is -0.172. The van der Waals surface area contributed by atoms with Crippen LogP contribution in [0.2, 0.25) is 0 Å². The molecule has 0 unspecified atom stereocenters. The van der Waals surface area contributed by atoms with Crippen LogP contribution in [0.5, 0.6) is 11.5 Å². The molecular weight excluding hydrogens is 690 g/mol. The maximum absolute atomic E-state index is 13.7. The minimum absolute atomic E-state index is 0.0747. The third-order valence-corrected chi connectivity index (χ3v) is 8.35. The Balaban J connectivity index is 2.09. The van der Waals surface area contributed by atoms with Crippen molar-refractivity contribution in [3.63, 3.8) is 0 Å². The summed E-state index contributed by atoms with van der Waals surface area (Å²) in [6, 6.07) is 11.9. The lowest BCUT2D eigenvalue weighted by Crippen LogP contribution is -2.55. The Morgan fingerprint density at radius 2 is 1.43 bits per heavy atom. The molecular formula is C39H51NO13. The molecule has 53 heavy (non-hydrogen) atoms. The average Bonchev–Trinajstić information content (AvgIpc) is 3.11. The van der Waals surface area contributed by atoms with Gasteiger partial charge in [0, 0.05) is 19.3 Å². The van der Waals surface area contributed by atoms with Crippen LogP contribution < -0.4 is 10.1 Å². The Hall–Kier alpha value is -5.24. The minimum Gasteiger partial charge on any atom is -0.508 e. The van der Waals surface area contributed by atoms with Crippen LogP contribution >= 0.6 is 0 Å². The number of aliphatic hydroxyl groups is 1. The van der Waals surface area contributed by atoms with Gasteiger partial charge < -0.3 is 40.0 Å². The summed E-state index contributed by atoms with van der Waals surface area (Å²) in [4.78, 5) is 74.8. The number of phenolic OH excluding ortho intramolecular Hbond substituents is 1. The largest absolute Gasteiger partial charge is 0.516 e. The summed E-state index contributed by atoms with van der Waals surface area (Å²) in [5.74, 6) is -7.58. The van der Waals surface area contributed by atoms with Gasteiger partial charge in [0.15, 0.2) is 5.60 Å². The predicted octanol–water partition coefficient (Wildman–Crippen LogP) is 5.87. The molecule has 14 nitrogen and oxygen atoms in total. The van der Waals surface area contributed by atoms with E-state index in [1.54, 1.807) is 18.2 Å². The zero-order valence-electron chi connectivity index (χ0n) is 30.1. The van der Waals surface area contributed by atoms with Crippen molar-refractivity contribution in [2.24, 2.45) is 5.92 Å². The van der Waals surface area contributed by atoms with Crippen LogP contribution in [-0.4, -0.2) is 74.6 Å². The first-order chi connectivity index (χ1) is 25.3. The number of hydrogen-bond donors (Lipinski definition) is 5. The molecule has 0 heterocycles. The number of para-hydroxylation sites is 1. The van der Waals surface area contributed by atoms with Crippen molar-refractivity contribution < 1.29 is 63.4 Å². The molecule has 1 amide bonds. The highest BCUT2D eigenvalue weighted by Gasteiger charge is 2.49. The van der Waals surface area contributed by atoms with Crippen molar-refractivity contribution in [3.05, 3.63) is 72.3 Å². The van der Waals surface area contributed by atoms with Crippen LogP contribution in [0.15, 0.2) is 66.7 Å². The normalized spacial score (nSPS) is 13.3. The number of allylic oxidation sites excluding steroid dienone is 1. The van der Waals surface area contributed by atoms with E-state index in [0.717, 1.165) is 51.0 Å².